The van der Waals surface area contributed by atoms with Crippen LogP contribution in [0.25, 0.3) is 0 Å². The molecule has 0 fully saturated rings. The Morgan fingerprint density at radius 1 is 0.789 bits per heavy atom. The SMILES string of the molecule is Cc1ccc(COC2C(OCc3ccccc3)c3cc(NCc4cccc(Cl)c4)ccc3OC2(C)C)cc1. The van der Waals surface area contributed by atoms with Gasteiger partial charge < -0.3 is 19.5 Å². The van der Waals surface area contributed by atoms with Crippen LogP contribution < -0.4 is 10.1 Å². The van der Waals surface area contributed by atoms with Crippen molar-refractivity contribution in [1.82, 2.24) is 0 Å². The summed E-state index contributed by atoms with van der Waals surface area (Å²) in [5.41, 5.74) is 5.95. The summed E-state index contributed by atoms with van der Waals surface area (Å²) in [6.45, 7) is 7.84. The Kier molecular flexibility index (Phi) is 8.04. The molecule has 0 aliphatic carbocycles. The highest BCUT2D eigenvalue weighted by Gasteiger charge is 2.45. The van der Waals surface area contributed by atoms with Crippen LogP contribution in [-0.4, -0.2) is 11.7 Å². The molecule has 196 valence electrons. The van der Waals surface area contributed by atoms with Crippen molar-refractivity contribution in [1.29, 1.82) is 0 Å². The molecule has 5 rings (SSSR count). The molecule has 2 atom stereocenters. The van der Waals surface area contributed by atoms with E-state index >= 15 is 0 Å². The van der Waals surface area contributed by atoms with Crippen molar-refractivity contribution < 1.29 is 14.2 Å². The average Bonchev–Trinajstić information content (AvgIpc) is 2.91. The summed E-state index contributed by atoms with van der Waals surface area (Å²) in [7, 11) is 0. The number of hydrogen-bond donors (Lipinski definition) is 1. The van der Waals surface area contributed by atoms with Gasteiger partial charge in [-0.25, -0.2) is 0 Å². The zero-order chi connectivity index (χ0) is 26.5. The molecule has 1 aliphatic rings. The summed E-state index contributed by atoms with van der Waals surface area (Å²) in [5.74, 6) is 0.816. The van der Waals surface area contributed by atoms with Gasteiger partial charge in [-0.15, -0.1) is 0 Å². The van der Waals surface area contributed by atoms with Crippen LogP contribution >= 0.6 is 11.6 Å². The molecule has 4 nitrogen and oxygen atoms in total. The van der Waals surface area contributed by atoms with E-state index in [1.54, 1.807) is 0 Å². The zero-order valence-corrected chi connectivity index (χ0v) is 22.9. The first-order valence-corrected chi connectivity index (χ1v) is 13.4. The highest BCUT2D eigenvalue weighted by Crippen LogP contribution is 2.45. The Bertz CT molecular complexity index is 1350. The summed E-state index contributed by atoms with van der Waals surface area (Å²) in [4.78, 5) is 0. The second-order valence-electron chi connectivity index (χ2n) is 10.4. The number of anilines is 1. The van der Waals surface area contributed by atoms with E-state index in [1.165, 1.54) is 5.56 Å². The molecule has 2 unspecified atom stereocenters. The summed E-state index contributed by atoms with van der Waals surface area (Å²) in [6, 6.07) is 32.7. The number of aryl methyl sites for hydroxylation is 1. The van der Waals surface area contributed by atoms with E-state index < -0.39 is 5.60 Å². The zero-order valence-electron chi connectivity index (χ0n) is 22.1. The quantitative estimate of drug-likeness (QED) is 0.238. The highest BCUT2D eigenvalue weighted by molar-refractivity contribution is 6.30. The fraction of sp³-hybridized carbons (Fsp3) is 0.273. The Morgan fingerprint density at radius 2 is 1.50 bits per heavy atom. The fourth-order valence-corrected chi connectivity index (χ4v) is 5.00. The van der Waals surface area contributed by atoms with Gasteiger partial charge in [0.25, 0.3) is 0 Å². The van der Waals surface area contributed by atoms with E-state index in [2.05, 4.69) is 74.6 Å². The first-order chi connectivity index (χ1) is 18.4. The molecule has 0 amide bonds. The van der Waals surface area contributed by atoms with Gasteiger partial charge in [0.05, 0.1) is 13.2 Å². The van der Waals surface area contributed by atoms with Crippen molar-refractivity contribution >= 4 is 17.3 Å². The maximum atomic E-state index is 6.63. The minimum Gasteiger partial charge on any atom is -0.485 e. The Morgan fingerprint density at radius 3 is 2.26 bits per heavy atom. The van der Waals surface area contributed by atoms with Crippen LogP contribution in [0, 0.1) is 6.92 Å². The van der Waals surface area contributed by atoms with Gasteiger partial charge in [0.1, 0.15) is 23.6 Å². The van der Waals surface area contributed by atoms with Crippen molar-refractivity contribution in [3.63, 3.8) is 0 Å². The molecule has 38 heavy (non-hydrogen) atoms. The maximum absolute atomic E-state index is 6.63. The molecule has 0 aromatic heterocycles. The lowest BCUT2D eigenvalue weighted by Crippen LogP contribution is -2.50. The van der Waals surface area contributed by atoms with Crippen molar-refractivity contribution in [3.05, 3.63) is 130 Å². The van der Waals surface area contributed by atoms with Gasteiger partial charge in [0, 0.05) is 22.8 Å². The molecule has 1 aliphatic heterocycles. The summed E-state index contributed by atoms with van der Waals surface area (Å²) in [6.07, 6.45) is -0.629. The molecule has 0 radical (unpaired) electrons. The Hall–Kier alpha value is -3.31. The van der Waals surface area contributed by atoms with Gasteiger partial charge in [-0.3, -0.25) is 0 Å². The number of rotatable bonds is 9. The summed E-state index contributed by atoms with van der Waals surface area (Å²) >= 11 is 6.18. The number of ether oxygens (including phenoxy) is 3. The average molecular weight is 528 g/mol. The predicted octanol–water partition coefficient (Wildman–Crippen LogP) is 8.27. The van der Waals surface area contributed by atoms with Crippen molar-refractivity contribution in [2.45, 2.75) is 58.3 Å². The maximum Gasteiger partial charge on any atom is 0.132 e. The Labute approximate surface area is 230 Å². The van der Waals surface area contributed by atoms with Crippen LogP contribution in [-0.2, 0) is 29.2 Å². The first-order valence-electron chi connectivity index (χ1n) is 13.0. The molecular formula is C33H34ClNO3. The van der Waals surface area contributed by atoms with Gasteiger partial charge in [-0.2, -0.15) is 0 Å². The van der Waals surface area contributed by atoms with Gasteiger partial charge in [0.2, 0.25) is 0 Å². The van der Waals surface area contributed by atoms with Gasteiger partial charge >= 0.3 is 0 Å². The first kappa shape index (κ1) is 26.3. The van der Waals surface area contributed by atoms with Crippen molar-refractivity contribution in [3.8, 4) is 5.75 Å². The number of nitrogens with one attached hydrogen (secondary N) is 1. The van der Waals surface area contributed by atoms with E-state index in [0.29, 0.717) is 19.8 Å². The Balaban J connectivity index is 1.42. The van der Waals surface area contributed by atoms with E-state index in [0.717, 1.165) is 38.7 Å². The molecule has 4 aromatic rings. The van der Waals surface area contributed by atoms with E-state index in [1.807, 2.05) is 48.5 Å². The second-order valence-corrected chi connectivity index (χ2v) is 10.8. The number of fused-ring (bicyclic) bond motifs is 1. The molecule has 0 saturated heterocycles. The second kappa shape index (κ2) is 11.6. The molecule has 0 saturated carbocycles. The van der Waals surface area contributed by atoms with Gasteiger partial charge in [-0.1, -0.05) is 83.9 Å². The summed E-state index contributed by atoms with van der Waals surface area (Å²) in [5, 5.41) is 4.25. The van der Waals surface area contributed by atoms with Crippen molar-refractivity contribution in [2.24, 2.45) is 0 Å². The molecule has 0 bridgehead atoms. The topological polar surface area (TPSA) is 39.7 Å². The van der Waals surface area contributed by atoms with Crippen LogP contribution in [0.15, 0.2) is 97.1 Å². The van der Waals surface area contributed by atoms with E-state index in [9.17, 15) is 0 Å². The predicted molar refractivity (Wildman–Crippen MR) is 154 cm³/mol. The lowest BCUT2D eigenvalue weighted by molar-refractivity contribution is -0.170. The third-order valence-electron chi connectivity index (χ3n) is 6.86. The standard InChI is InChI=1S/C33H34ClNO3/c1-23-12-14-25(15-13-23)22-37-32-31(36-21-24-8-5-4-6-9-24)29-19-28(16-17-30(29)38-33(32,2)3)35-20-26-10-7-11-27(34)18-26/h4-19,31-32,35H,20-22H2,1-3H3. The largest absolute Gasteiger partial charge is 0.485 e. The van der Waals surface area contributed by atoms with Crippen LogP contribution in [0.4, 0.5) is 5.69 Å². The number of halogens is 1. The van der Waals surface area contributed by atoms with Crippen LogP contribution in [0.1, 0.15) is 47.8 Å². The normalized spacial score (nSPS) is 17.9. The fourth-order valence-electron chi connectivity index (χ4n) is 4.79. The van der Waals surface area contributed by atoms with E-state index in [4.69, 9.17) is 25.8 Å². The van der Waals surface area contributed by atoms with Crippen LogP contribution in [0.2, 0.25) is 5.02 Å². The highest BCUT2D eigenvalue weighted by atomic mass is 35.5. The molecule has 5 heteroatoms. The molecular weight excluding hydrogens is 494 g/mol. The lowest BCUT2D eigenvalue weighted by Gasteiger charge is -2.44. The minimum absolute atomic E-state index is 0.313. The van der Waals surface area contributed by atoms with E-state index in [-0.39, 0.29) is 12.2 Å². The third kappa shape index (κ3) is 6.39. The summed E-state index contributed by atoms with van der Waals surface area (Å²) < 4.78 is 19.7. The monoisotopic (exact) mass is 527 g/mol. The third-order valence-corrected chi connectivity index (χ3v) is 7.09. The van der Waals surface area contributed by atoms with Crippen LogP contribution in [0.5, 0.6) is 5.75 Å². The lowest BCUT2D eigenvalue weighted by atomic mass is 9.87. The molecule has 1 N–H and O–H groups in total. The molecule has 1 heterocycles. The number of hydrogen-bond acceptors (Lipinski definition) is 4. The van der Waals surface area contributed by atoms with Gasteiger partial charge in [-0.05, 0) is 67.8 Å². The van der Waals surface area contributed by atoms with Gasteiger partial charge in [0.15, 0.2) is 0 Å². The smallest absolute Gasteiger partial charge is 0.132 e. The molecule has 0 spiro atoms. The molecule has 4 aromatic carbocycles. The number of benzene rings is 4. The van der Waals surface area contributed by atoms with Crippen LogP contribution in [0.3, 0.4) is 0 Å². The minimum atomic E-state index is -0.589. The van der Waals surface area contributed by atoms with Crippen molar-refractivity contribution in [2.75, 3.05) is 5.32 Å².